The van der Waals surface area contributed by atoms with Crippen LogP contribution in [0.5, 0.6) is 0 Å². The molecule has 1 atom stereocenters. The highest BCUT2D eigenvalue weighted by Crippen LogP contribution is 2.28. The molecule has 0 aliphatic heterocycles. The molecule has 0 spiro atoms. The molecule has 2 nitrogen and oxygen atoms in total. The number of halogens is 1. The van der Waals surface area contributed by atoms with Crippen molar-refractivity contribution in [2.75, 3.05) is 0 Å². The lowest BCUT2D eigenvalue weighted by Crippen LogP contribution is -2.16. The van der Waals surface area contributed by atoms with Gasteiger partial charge in [-0.15, -0.1) is 0 Å². The molecular formula is C15H14ClNO. The second kappa shape index (κ2) is 5.69. The van der Waals surface area contributed by atoms with Crippen LogP contribution in [0.2, 0.25) is 5.02 Å². The SMILES string of the molecule is NC(=O)C[C@H](c1ccccc1)c1ccc(Cl)cc1. The van der Waals surface area contributed by atoms with E-state index in [9.17, 15) is 4.79 Å². The monoisotopic (exact) mass is 259 g/mol. The zero-order valence-electron chi connectivity index (χ0n) is 9.84. The second-order valence-corrected chi connectivity index (χ2v) is 4.62. The highest BCUT2D eigenvalue weighted by molar-refractivity contribution is 6.30. The van der Waals surface area contributed by atoms with E-state index in [0.29, 0.717) is 11.4 Å². The summed E-state index contributed by atoms with van der Waals surface area (Å²) in [5, 5.41) is 0.685. The van der Waals surface area contributed by atoms with Crippen LogP contribution in [-0.4, -0.2) is 5.91 Å². The Kier molecular flexibility index (Phi) is 4.00. The molecule has 18 heavy (non-hydrogen) atoms. The summed E-state index contributed by atoms with van der Waals surface area (Å²) in [5.41, 5.74) is 7.46. The molecule has 2 aromatic rings. The van der Waals surface area contributed by atoms with E-state index >= 15 is 0 Å². The van der Waals surface area contributed by atoms with Crippen molar-refractivity contribution in [2.24, 2.45) is 5.73 Å². The summed E-state index contributed by atoms with van der Waals surface area (Å²) in [6.07, 6.45) is 0.297. The van der Waals surface area contributed by atoms with Crippen LogP contribution in [0.4, 0.5) is 0 Å². The largest absolute Gasteiger partial charge is 0.370 e. The van der Waals surface area contributed by atoms with Crippen LogP contribution in [0.3, 0.4) is 0 Å². The first-order valence-electron chi connectivity index (χ1n) is 5.75. The van der Waals surface area contributed by atoms with Gasteiger partial charge in [-0.2, -0.15) is 0 Å². The molecule has 0 aliphatic rings. The maximum atomic E-state index is 11.2. The molecule has 0 saturated carbocycles. The number of carbonyl (C=O) groups excluding carboxylic acids is 1. The fourth-order valence-electron chi connectivity index (χ4n) is 2.01. The second-order valence-electron chi connectivity index (χ2n) is 4.19. The highest BCUT2D eigenvalue weighted by Gasteiger charge is 2.16. The van der Waals surface area contributed by atoms with Crippen molar-refractivity contribution in [3.05, 3.63) is 70.7 Å². The zero-order valence-corrected chi connectivity index (χ0v) is 10.6. The molecule has 92 valence electrons. The van der Waals surface area contributed by atoms with Crippen molar-refractivity contribution in [1.82, 2.24) is 0 Å². The summed E-state index contributed by atoms with van der Waals surface area (Å²) in [5.74, 6) is -0.320. The third-order valence-corrected chi connectivity index (χ3v) is 3.13. The van der Waals surface area contributed by atoms with E-state index in [-0.39, 0.29) is 11.8 Å². The molecule has 0 fully saturated rings. The summed E-state index contributed by atoms with van der Waals surface area (Å²) in [4.78, 5) is 11.2. The van der Waals surface area contributed by atoms with Crippen LogP contribution < -0.4 is 5.73 Å². The maximum Gasteiger partial charge on any atom is 0.218 e. The Morgan fingerprint density at radius 1 is 1.00 bits per heavy atom. The summed E-state index contributed by atoms with van der Waals surface area (Å²) < 4.78 is 0. The Bertz CT molecular complexity index is 522. The van der Waals surface area contributed by atoms with Crippen LogP contribution in [0, 0.1) is 0 Å². The van der Waals surface area contributed by atoms with E-state index in [1.54, 1.807) is 0 Å². The third-order valence-electron chi connectivity index (χ3n) is 2.88. The molecule has 0 aromatic heterocycles. The Morgan fingerprint density at radius 2 is 1.56 bits per heavy atom. The predicted octanol–water partition coefficient (Wildman–Crippen LogP) is 3.35. The smallest absolute Gasteiger partial charge is 0.218 e. The molecule has 2 rings (SSSR count). The quantitative estimate of drug-likeness (QED) is 0.899. The van der Waals surface area contributed by atoms with E-state index in [0.717, 1.165) is 11.1 Å². The lowest BCUT2D eigenvalue weighted by Gasteiger charge is -2.16. The Labute approximate surface area is 111 Å². The first-order chi connectivity index (χ1) is 8.66. The van der Waals surface area contributed by atoms with E-state index in [1.165, 1.54) is 0 Å². The van der Waals surface area contributed by atoms with Crippen molar-refractivity contribution < 1.29 is 4.79 Å². The van der Waals surface area contributed by atoms with Gasteiger partial charge in [0.2, 0.25) is 5.91 Å². The number of rotatable bonds is 4. The predicted molar refractivity (Wildman–Crippen MR) is 73.5 cm³/mol. The van der Waals surface area contributed by atoms with Crippen molar-refractivity contribution in [3.63, 3.8) is 0 Å². The van der Waals surface area contributed by atoms with Crippen molar-refractivity contribution in [3.8, 4) is 0 Å². The minimum atomic E-state index is -0.307. The van der Waals surface area contributed by atoms with Crippen molar-refractivity contribution >= 4 is 17.5 Å². The average Bonchev–Trinajstić information content (AvgIpc) is 2.38. The fourth-order valence-corrected chi connectivity index (χ4v) is 2.14. The molecule has 0 aliphatic carbocycles. The number of hydrogen-bond acceptors (Lipinski definition) is 1. The third kappa shape index (κ3) is 3.11. The molecule has 2 N–H and O–H groups in total. The van der Waals surface area contributed by atoms with E-state index in [4.69, 9.17) is 17.3 Å². The molecule has 0 heterocycles. The number of hydrogen-bond donors (Lipinski definition) is 1. The average molecular weight is 260 g/mol. The van der Waals surface area contributed by atoms with Gasteiger partial charge in [0.1, 0.15) is 0 Å². The van der Waals surface area contributed by atoms with Crippen LogP contribution in [0.15, 0.2) is 54.6 Å². The minimum Gasteiger partial charge on any atom is -0.370 e. The number of amides is 1. The maximum absolute atomic E-state index is 11.2. The van der Waals surface area contributed by atoms with Crippen LogP contribution >= 0.6 is 11.6 Å². The van der Waals surface area contributed by atoms with E-state index in [1.807, 2.05) is 54.6 Å². The van der Waals surface area contributed by atoms with Gasteiger partial charge in [0, 0.05) is 17.4 Å². The number of carbonyl (C=O) groups is 1. The van der Waals surface area contributed by atoms with Crippen molar-refractivity contribution in [1.29, 1.82) is 0 Å². The van der Waals surface area contributed by atoms with Gasteiger partial charge in [-0.05, 0) is 23.3 Å². The number of primary amides is 1. The summed E-state index contributed by atoms with van der Waals surface area (Å²) in [6.45, 7) is 0. The van der Waals surface area contributed by atoms with Crippen LogP contribution in [0.25, 0.3) is 0 Å². The Hall–Kier alpha value is -1.80. The standard InChI is InChI=1S/C15H14ClNO/c16-13-8-6-12(7-9-13)14(10-15(17)18)11-4-2-1-3-5-11/h1-9,14H,10H2,(H2,17,18)/t14-/m1/s1. The lowest BCUT2D eigenvalue weighted by atomic mass is 9.88. The molecule has 1 amide bonds. The molecule has 0 unspecified atom stereocenters. The van der Waals surface area contributed by atoms with Gasteiger partial charge in [0.25, 0.3) is 0 Å². The molecule has 2 aromatic carbocycles. The van der Waals surface area contributed by atoms with E-state index < -0.39 is 0 Å². The van der Waals surface area contributed by atoms with Gasteiger partial charge in [-0.3, -0.25) is 4.79 Å². The Morgan fingerprint density at radius 3 is 2.11 bits per heavy atom. The molecule has 0 saturated heterocycles. The van der Waals surface area contributed by atoms with Gasteiger partial charge in [0.05, 0.1) is 0 Å². The molecule has 0 radical (unpaired) electrons. The molecule has 3 heteroatoms. The van der Waals surface area contributed by atoms with Crippen molar-refractivity contribution in [2.45, 2.75) is 12.3 Å². The summed E-state index contributed by atoms with van der Waals surface area (Å²) in [7, 11) is 0. The highest BCUT2D eigenvalue weighted by atomic mass is 35.5. The number of nitrogens with two attached hydrogens (primary N) is 1. The molecular weight excluding hydrogens is 246 g/mol. The van der Waals surface area contributed by atoms with Gasteiger partial charge in [-0.1, -0.05) is 54.1 Å². The van der Waals surface area contributed by atoms with Crippen LogP contribution in [-0.2, 0) is 4.79 Å². The first kappa shape index (κ1) is 12.7. The fraction of sp³-hybridized carbons (Fsp3) is 0.133. The van der Waals surface area contributed by atoms with Crippen LogP contribution in [0.1, 0.15) is 23.5 Å². The summed E-state index contributed by atoms with van der Waals surface area (Å²) in [6, 6.07) is 17.4. The number of benzene rings is 2. The summed E-state index contributed by atoms with van der Waals surface area (Å²) >= 11 is 5.88. The van der Waals surface area contributed by atoms with E-state index in [2.05, 4.69) is 0 Å². The topological polar surface area (TPSA) is 43.1 Å². The Balaban J connectivity index is 2.36. The van der Waals surface area contributed by atoms with Gasteiger partial charge in [0.15, 0.2) is 0 Å². The van der Waals surface area contributed by atoms with Gasteiger partial charge < -0.3 is 5.73 Å². The van der Waals surface area contributed by atoms with Gasteiger partial charge in [-0.25, -0.2) is 0 Å². The molecule has 0 bridgehead atoms. The minimum absolute atomic E-state index is 0.0130. The van der Waals surface area contributed by atoms with Gasteiger partial charge >= 0.3 is 0 Å². The first-order valence-corrected chi connectivity index (χ1v) is 6.13. The lowest BCUT2D eigenvalue weighted by molar-refractivity contribution is -0.118. The zero-order chi connectivity index (χ0) is 13.0. The normalized spacial score (nSPS) is 12.1.